The molecular formula is C19H18F3N3O2. The van der Waals surface area contributed by atoms with E-state index in [1.165, 1.54) is 12.1 Å². The van der Waals surface area contributed by atoms with E-state index in [9.17, 15) is 23.1 Å². The minimum atomic E-state index is -4.56. The molecule has 0 aromatic heterocycles. The number of carbonyl (C=O) groups excluding carboxylic acids is 1. The highest BCUT2D eigenvalue weighted by atomic mass is 19.4. The van der Waals surface area contributed by atoms with E-state index in [0.717, 1.165) is 30.0 Å². The molecule has 0 bridgehead atoms. The lowest BCUT2D eigenvalue weighted by atomic mass is 9.94. The van der Waals surface area contributed by atoms with E-state index >= 15 is 0 Å². The molecule has 142 valence electrons. The van der Waals surface area contributed by atoms with Crippen LogP contribution in [0, 0.1) is 13.8 Å². The van der Waals surface area contributed by atoms with Crippen LogP contribution in [-0.4, -0.2) is 22.9 Å². The first-order valence-electron chi connectivity index (χ1n) is 7.83. The number of hydrogen-bond donors (Lipinski definition) is 3. The van der Waals surface area contributed by atoms with Gasteiger partial charge in [-0.05, 0) is 60.9 Å². The van der Waals surface area contributed by atoms with Gasteiger partial charge >= 0.3 is 6.18 Å². The van der Waals surface area contributed by atoms with Gasteiger partial charge in [0.05, 0.1) is 11.3 Å². The van der Waals surface area contributed by atoms with Gasteiger partial charge in [0.2, 0.25) is 0 Å². The molecule has 1 amide bonds. The highest BCUT2D eigenvalue weighted by Crippen LogP contribution is 2.32. The molecule has 0 heterocycles. The zero-order chi connectivity index (χ0) is 20.4. The number of benzene rings is 1. The van der Waals surface area contributed by atoms with E-state index in [-0.39, 0.29) is 22.7 Å². The lowest BCUT2D eigenvalue weighted by molar-refractivity contribution is -0.114. The van der Waals surface area contributed by atoms with Gasteiger partial charge in [-0.1, -0.05) is 6.07 Å². The monoisotopic (exact) mass is 377 g/mol. The number of carbonyl (C=O) groups is 1. The van der Waals surface area contributed by atoms with Gasteiger partial charge in [0.25, 0.3) is 5.91 Å². The summed E-state index contributed by atoms with van der Waals surface area (Å²) in [6, 6.07) is 3.15. The average Bonchev–Trinajstić information content (AvgIpc) is 2.59. The van der Waals surface area contributed by atoms with E-state index in [1.807, 2.05) is 0 Å². The van der Waals surface area contributed by atoms with E-state index in [2.05, 4.69) is 4.99 Å². The van der Waals surface area contributed by atoms with Crippen molar-refractivity contribution in [1.82, 2.24) is 0 Å². The Morgan fingerprint density at radius 3 is 2.44 bits per heavy atom. The van der Waals surface area contributed by atoms with Gasteiger partial charge in [-0.3, -0.25) is 4.79 Å². The molecule has 0 radical (unpaired) electrons. The van der Waals surface area contributed by atoms with Gasteiger partial charge in [-0.2, -0.15) is 13.2 Å². The smallest absolute Gasteiger partial charge is 0.416 e. The van der Waals surface area contributed by atoms with Crippen molar-refractivity contribution in [3.8, 4) is 5.75 Å². The third-order valence-corrected chi connectivity index (χ3v) is 4.01. The van der Waals surface area contributed by atoms with Crippen LogP contribution in [0.4, 0.5) is 13.2 Å². The van der Waals surface area contributed by atoms with Crippen LogP contribution in [0.3, 0.4) is 0 Å². The fraction of sp³-hybridized carbons (Fsp3) is 0.158. The Kier molecular flexibility index (Phi) is 5.58. The van der Waals surface area contributed by atoms with Crippen LogP contribution in [-0.2, 0) is 4.79 Å². The first-order valence-corrected chi connectivity index (χ1v) is 7.83. The van der Waals surface area contributed by atoms with Crippen molar-refractivity contribution in [3.05, 3.63) is 70.1 Å². The van der Waals surface area contributed by atoms with Gasteiger partial charge in [0.15, 0.2) is 0 Å². The molecule has 0 fully saturated rings. The fourth-order valence-electron chi connectivity index (χ4n) is 2.48. The summed E-state index contributed by atoms with van der Waals surface area (Å²) < 4.78 is 39.4. The second-order valence-electron chi connectivity index (χ2n) is 5.88. The highest BCUT2D eigenvalue weighted by Gasteiger charge is 2.33. The van der Waals surface area contributed by atoms with Crippen LogP contribution >= 0.6 is 0 Å². The van der Waals surface area contributed by atoms with Crippen molar-refractivity contribution in [2.45, 2.75) is 20.0 Å². The minimum Gasteiger partial charge on any atom is -0.508 e. The lowest BCUT2D eigenvalue weighted by Gasteiger charge is -2.16. The number of alkyl halides is 3. The molecule has 1 aromatic rings. The molecule has 0 aliphatic heterocycles. The van der Waals surface area contributed by atoms with E-state index in [4.69, 9.17) is 11.5 Å². The number of allylic oxidation sites excluding steroid dienone is 5. The summed E-state index contributed by atoms with van der Waals surface area (Å²) in [5.74, 6) is -0.898. The second-order valence-corrected chi connectivity index (χ2v) is 5.88. The molecule has 0 unspecified atom stereocenters. The molecule has 5 N–H and O–H groups in total. The summed E-state index contributed by atoms with van der Waals surface area (Å²) in [5, 5.41) is 9.90. The number of amides is 1. The Bertz CT molecular complexity index is 936. The Morgan fingerprint density at radius 2 is 1.89 bits per heavy atom. The average molecular weight is 377 g/mol. The predicted octanol–water partition coefficient (Wildman–Crippen LogP) is 3.18. The molecule has 1 aliphatic rings. The number of nitrogens with two attached hydrogens (primary N) is 2. The summed E-state index contributed by atoms with van der Waals surface area (Å²) in [6.07, 6.45) is 0.696. The number of nitrogens with zero attached hydrogens (tertiary/aromatic N) is 1. The van der Waals surface area contributed by atoms with Crippen molar-refractivity contribution >= 4 is 17.7 Å². The second kappa shape index (κ2) is 7.53. The molecule has 0 atom stereocenters. The Labute approximate surface area is 153 Å². The van der Waals surface area contributed by atoms with Crippen molar-refractivity contribution < 1.29 is 23.1 Å². The van der Waals surface area contributed by atoms with Crippen LogP contribution < -0.4 is 11.5 Å². The number of hydrogen-bond acceptors (Lipinski definition) is 4. The topological polar surface area (TPSA) is 102 Å². The van der Waals surface area contributed by atoms with Crippen LogP contribution in [0.1, 0.15) is 16.7 Å². The molecule has 0 saturated carbocycles. The molecule has 0 spiro atoms. The van der Waals surface area contributed by atoms with Gasteiger partial charge < -0.3 is 16.6 Å². The van der Waals surface area contributed by atoms with Crippen LogP contribution in [0.2, 0.25) is 0 Å². The van der Waals surface area contributed by atoms with E-state index in [0.29, 0.717) is 11.1 Å². The number of halogens is 3. The van der Waals surface area contributed by atoms with E-state index < -0.39 is 17.7 Å². The number of aromatic hydroxyl groups is 1. The van der Waals surface area contributed by atoms with Crippen LogP contribution in [0.15, 0.2) is 58.4 Å². The fourth-order valence-corrected chi connectivity index (χ4v) is 2.48. The van der Waals surface area contributed by atoms with Crippen LogP contribution in [0.5, 0.6) is 5.75 Å². The largest absolute Gasteiger partial charge is 0.508 e. The quantitative estimate of drug-likeness (QED) is 0.705. The summed E-state index contributed by atoms with van der Waals surface area (Å²) in [6.45, 7) is 3.41. The van der Waals surface area contributed by atoms with Crippen molar-refractivity contribution in [1.29, 1.82) is 0 Å². The van der Waals surface area contributed by atoms with E-state index in [1.54, 1.807) is 19.9 Å². The first kappa shape index (κ1) is 20.0. The number of rotatable bonds is 3. The minimum absolute atomic E-state index is 0.0111. The molecule has 27 heavy (non-hydrogen) atoms. The number of phenolic OH excluding ortho intramolecular Hbond substituents is 1. The Morgan fingerprint density at radius 1 is 1.22 bits per heavy atom. The maximum Gasteiger partial charge on any atom is 0.416 e. The van der Waals surface area contributed by atoms with Gasteiger partial charge in [0, 0.05) is 11.8 Å². The number of aryl methyl sites for hydroxylation is 1. The summed E-state index contributed by atoms with van der Waals surface area (Å²) in [7, 11) is 0. The predicted molar refractivity (Wildman–Crippen MR) is 97.7 cm³/mol. The van der Waals surface area contributed by atoms with Gasteiger partial charge in [-0.25, -0.2) is 4.99 Å². The molecule has 1 aliphatic carbocycles. The molecule has 2 rings (SSSR count). The molecule has 0 saturated heterocycles. The number of phenols is 1. The highest BCUT2D eigenvalue weighted by molar-refractivity contribution is 6.16. The first-order chi connectivity index (χ1) is 12.5. The third-order valence-electron chi connectivity index (χ3n) is 4.01. The summed E-state index contributed by atoms with van der Waals surface area (Å²) >= 11 is 0. The van der Waals surface area contributed by atoms with Gasteiger partial charge in [-0.15, -0.1) is 0 Å². The SMILES string of the molecule is Cc1ccc(O)c(C)c1\C=C1/C=C(C(F)(F)F)C=C/C1=N\C(=C\N)C(N)=O. The van der Waals surface area contributed by atoms with Crippen LogP contribution in [0.25, 0.3) is 6.08 Å². The number of aliphatic imine (C=N–C) groups is 1. The number of primary amides is 1. The van der Waals surface area contributed by atoms with Crippen molar-refractivity contribution in [3.63, 3.8) is 0 Å². The normalized spacial score (nSPS) is 18.1. The standard InChI is InChI=1S/C19H18F3N3O2/c1-10-3-6-17(26)11(2)14(10)8-12-7-13(19(20,21)22)4-5-15(12)25-16(9-23)18(24)27/h3-9,26H,23H2,1-2H3,(H2,24,27)/b12-8+,16-9+,25-15+. The Balaban J connectivity index is 2.70. The Hall–Kier alpha value is -3.29. The lowest BCUT2D eigenvalue weighted by Crippen LogP contribution is -2.18. The summed E-state index contributed by atoms with van der Waals surface area (Å²) in [4.78, 5) is 15.3. The molecular weight excluding hydrogens is 359 g/mol. The maximum absolute atomic E-state index is 13.1. The maximum atomic E-state index is 13.1. The zero-order valence-electron chi connectivity index (χ0n) is 14.6. The van der Waals surface area contributed by atoms with Crippen molar-refractivity contribution in [2.24, 2.45) is 16.5 Å². The molecule has 8 heteroatoms. The zero-order valence-corrected chi connectivity index (χ0v) is 14.6. The molecule has 1 aromatic carbocycles. The summed E-state index contributed by atoms with van der Waals surface area (Å²) in [5.41, 5.74) is 11.3. The van der Waals surface area contributed by atoms with Gasteiger partial charge in [0.1, 0.15) is 11.4 Å². The molecule has 5 nitrogen and oxygen atoms in total. The van der Waals surface area contributed by atoms with Crippen molar-refractivity contribution in [2.75, 3.05) is 0 Å². The third kappa shape index (κ3) is 4.46.